The molecule has 1 aromatic heterocycles. The average Bonchev–Trinajstić information content (AvgIpc) is 2.32. The van der Waals surface area contributed by atoms with Crippen LogP contribution in [-0.4, -0.2) is 29.7 Å². The van der Waals surface area contributed by atoms with Gasteiger partial charge in [0, 0.05) is 26.1 Å². The van der Waals surface area contributed by atoms with Gasteiger partial charge >= 0.3 is 12.4 Å². The molecule has 0 aliphatic carbocycles. The highest BCUT2D eigenvalue weighted by Crippen LogP contribution is 2.28. The number of hydrogen-bond acceptors (Lipinski definition) is 4. The Hall–Kier alpha value is -1.74. The van der Waals surface area contributed by atoms with Crippen molar-refractivity contribution < 1.29 is 26.3 Å². The molecule has 1 aromatic rings. The van der Waals surface area contributed by atoms with Gasteiger partial charge in [-0.15, -0.1) is 0 Å². The molecule has 114 valence electrons. The average molecular weight is 302 g/mol. The molecule has 10 heteroatoms. The zero-order chi connectivity index (χ0) is 15.4. The minimum atomic E-state index is -4.73. The van der Waals surface area contributed by atoms with Gasteiger partial charge in [-0.1, -0.05) is 0 Å². The van der Waals surface area contributed by atoms with Gasteiger partial charge in [0.1, 0.15) is 11.6 Å². The second kappa shape index (κ2) is 6.14. The number of alkyl halides is 6. The van der Waals surface area contributed by atoms with Gasteiger partial charge in [-0.3, -0.25) is 0 Å². The van der Waals surface area contributed by atoms with Crippen LogP contribution in [-0.2, 0) is 6.18 Å². The normalized spacial score (nSPS) is 12.3. The van der Waals surface area contributed by atoms with Crippen molar-refractivity contribution >= 4 is 11.6 Å². The predicted molar refractivity (Wildman–Crippen MR) is 60.4 cm³/mol. The summed E-state index contributed by atoms with van der Waals surface area (Å²) in [6, 6.07) is 1.18. The molecule has 20 heavy (non-hydrogen) atoms. The lowest BCUT2D eigenvalue weighted by atomic mass is 10.3. The van der Waals surface area contributed by atoms with Crippen molar-refractivity contribution in [2.24, 2.45) is 0 Å². The number of aromatic nitrogens is 2. The smallest absolute Gasteiger partial charge is 0.373 e. The van der Waals surface area contributed by atoms with Gasteiger partial charge in [-0.05, 0) is 6.42 Å². The number of halogens is 6. The zero-order valence-corrected chi connectivity index (χ0v) is 10.4. The molecule has 1 heterocycles. The van der Waals surface area contributed by atoms with E-state index in [0.29, 0.717) is 0 Å². The van der Waals surface area contributed by atoms with Crippen LogP contribution < -0.4 is 10.6 Å². The van der Waals surface area contributed by atoms with E-state index in [2.05, 4.69) is 20.6 Å². The Kier molecular flexibility index (Phi) is 5.01. The second-order valence-electron chi connectivity index (χ2n) is 3.86. The molecule has 0 saturated heterocycles. The van der Waals surface area contributed by atoms with Crippen molar-refractivity contribution in [1.29, 1.82) is 0 Å². The SMILES string of the molecule is CNc1cc(NCCCC(F)(F)F)nc(C(F)(F)F)n1. The van der Waals surface area contributed by atoms with E-state index < -0.39 is 24.6 Å². The maximum atomic E-state index is 12.5. The number of rotatable bonds is 5. The van der Waals surface area contributed by atoms with Gasteiger partial charge in [0.05, 0.1) is 0 Å². The summed E-state index contributed by atoms with van der Waals surface area (Å²) in [6.45, 7) is -0.142. The summed E-state index contributed by atoms with van der Waals surface area (Å²) in [6.07, 6.45) is -10.3. The van der Waals surface area contributed by atoms with Crippen LogP contribution in [0.2, 0.25) is 0 Å². The minimum Gasteiger partial charge on any atom is -0.373 e. The standard InChI is InChI=1S/C10H12F6N4/c1-17-6-5-7(18-4-2-3-9(11,12)13)20-8(19-6)10(14,15)16/h5H,2-4H2,1H3,(H2,17,18,19,20). The molecule has 0 fully saturated rings. The zero-order valence-electron chi connectivity index (χ0n) is 10.4. The van der Waals surface area contributed by atoms with Crippen molar-refractivity contribution in [3.8, 4) is 0 Å². The van der Waals surface area contributed by atoms with E-state index in [1.54, 1.807) is 0 Å². The topological polar surface area (TPSA) is 49.8 Å². The Labute approximate surface area is 110 Å². The molecular weight excluding hydrogens is 290 g/mol. The third-order valence-corrected chi connectivity index (χ3v) is 2.18. The fraction of sp³-hybridized carbons (Fsp3) is 0.600. The first-order chi connectivity index (χ1) is 9.12. The molecule has 0 spiro atoms. The number of anilines is 2. The van der Waals surface area contributed by atoms with Crippen molar-refractivity contribution in [3.05, 3.63) is 11.9 Å². The fourth-order valence-electron chi connectivity index (χ4n) is 1.30. The fourth-order valence-corrected chi connectivity index (χ4v) is 1.30. The summed E-state index contributed by atoms with van der Waals surface area (Å²) < 4.78 is 73.2. The lowest BCUT2D eigenvalue weighted by Crippen LogP contribution is -2.16. The van der Waals surface area contributed by atoms with E-state index in [1.165, 1.54) is 13.1 Å². The van der Waals surface area contributed by atoms with Crippen LogP contribution >= 0.6 is 0 Å². The molecule has 2 N–H and O–H groups in total. The minimum absolute atomic E-state index is 0.0781. The van der Waals surface area contributed by atoms with Crippen LogP contribution in [0, 0.1) is 0 Å². The lowest BCUT2D eigenvalue weighted by molar-refractivity contribution is -0.144. The van der Waals surface area contributed by atoms with Gasteiger partial charge in [0.2, 0.25) is 5.82 Å². The van der Waals surface area contributed by atoms with Crippen LogP contribution in [0.1, 0.15) is 18.7 Å². The number of nitrogens with zero attached hydrogens (tertiary/aromatic N) is 2. The van der Waals surface area contributed by atoms with E-state index in [1.807, 2.05) is 0 Å². The molecule has 0 unspecified atom stereocenters. The first-order valence-electron chi connectivity index (χ1n) is 5.56. The quantitative estimate of drug-likeness (QED) is 0.647. The van der Waals surface area contributed by atoms with E-state index in [9.17, 15) is 26.3 Å². The summed E-state index contributed by atoms with van der Waals surface area (Å²) in [5.41, 5.74) is 0. The van der Waals surface area contributed by atoms with E-state index in [4.69, 9.17) is 0 Å². The molecule has 0 atom stereocenters. The van der Waals surface area contributed by atoms with Crippen LogP contribution in [0.3, 0.4) is 0 Å². The molecule has 0 amide bonds. The van der Waals surface area contributed by atoms with E-state index in [-0.39, 0.29) is 24.6 Å². The Morgan fingerprint density at radius 1 is 1.05 bits per heavy atom. The van der Waals surface area contributed by atoms with Crippen LogP contribution in [0.5, 0.6) is 0 Å². The van der Waals surface area contributed by atoms with E-state index in [0.717, 1.165) is 0 Å². The second-order valence-corrected chi connectivity index (χ2v) is 3.86. The summed E-state index contributed by atoms with van der Waals surface area (Å²) in [5, 5.41) is 4.84. The summed E-state index contributed by atoms with van der Waals surface area (Å²) in [4.78, 5) is 6.44. The molecule has 0 bridgehead atoms. The molecule has 0 aromatic carbocycles. The molecule has 0 saturated carbocycles. The van der Waals surface area contributed by atoms with E-state index >= 15 is 0 Å². The van der Waals surface area contributed by atoms with Gasteiger partial charge in [-0.2, -0.15) is 26.3 Å². The Bertz CT molecular complexity index is 442. The first kappa shape index (κ1) is 16.3. The summed E-state index contributed by atoms with van der Waals surface area (Å²) >= 11 is 0. The number of hydrogen-bond donors (Lipinski definition) is 2. The number of nitrogens with one attached hydrogen (secondary N) is 2. The maximum Gasteiger partial charge on any atom is 0.451 e. The Balaban J connectivity index is 2.70. The predicted octanol–water partition coefficient (Wildman–Crippen LogP) is 3.29. The van der Waals surface area contributed by atoms with Gasteiger partial charge in [0.25, 0.3) is 0 Å². The molecular formula is C10H12F6N4. The monoisotopic (exact) mass is 302 g/mol. The van der Waals surface area contributed by atoms with Gasteiger partial charge < -0.3 is 10.6 Å². The van der Waals surface area contributed by atoms with Crippen LogP contribution in [0.15, 0.2) is 6.07 Å². The highest BCUT2D eigenvalue weighted by Gasteiger charge is 2.35. The van der Waals surface area contributed by atoms with Crippen LogP contribution in [0.25, 0.3) is 0 Å². The summed E-state index contributed by atoms with van der Waals surface area (Å²) in [7, 11) is 1.37. The third kappa shape index (κ3) is 5.49. The third-order valence-electron chi connectivity index (χ3n) is 2.18. The van der Waals surface area contributed by atoms with Crippen molar-refractivity contribution in [2.45, 2.75) is 25.2 Å². The van der Waals surface area contributed by atoms with Crippen LogP contribution in [0.4, 0.5) is 38.0 Å². The Morgan fingerprint density at radius 2 is 1.65 bits per heavy atom. The first-order valence-corrected chi connectivity index (χ1v) is 5.56. The molecule has 0 aliphatic rings. The van der Waals surface area contributed by atoms with Crippen molar-refractivity contribution in [2.75, 3.05) is 24.2 Å². The molecule has 0 radical (unpaired) electrons. The highest BCUT2D eigenvalue weighted by atomic mass is 19.4. The largest absolute Gasteiger partial charge is 0.451 e. The summed E-state index contributed by atoms with van der Waals surface area (Å²) in [5.74, 6) is -1.62. The molecule has 0 aliphatic heterocycles. The highest BCUT2D eigenvalue weighted by molar-refractivity contribution is 5.47. The van der Waals surface area contributed by atoms with Crippen molar-refractivity contribution in [1.82, 2.24) is 9.97 Å². The lowest BCUT2D eigenvalue weighted by Gasteiger charge is -2.11. The molecule has 1 rings (SSSR count). The Morgan fingerprint density at radius 3 is 2.15 bits per heavy atom. The van der Waals surface area contributed by atoms with Gasteiger partial charge in [0.15, 0.2) is 0 Å². The van der Waals surface area contributed by atoms with Crippen molar-refractivity contribution in [3.63, 3.8) is 0 Å². The molecule has 4 nitrogen and oxygen atoms in total. The maximum absolute atomic E-state index is 12.5. The van der Waals surface area contributed by atoms with Gasteiger partial charge in [-0.25, -0.2) is 9.97 Å².